The minimum absolute atomic E-state index is 0.228. The predicted molar refractivity (Wildman–Crippen MR) is 116 cm³/mol. The summed E-state index contributed by atoms with van der Waals surface area (Å²) in [6.45, 7) is 2.71. The zero-order chi connectivity index (χ0) is 20.4. The molecule has 0 N–H and O–H groups in total. The molecule has 2 aliphatic rings. The number of esters is 1. The van der Waals surface area contributed by atoms with Crippen molar-refractivity contribution in [1.82, 2.24) is 4.90 Å². The molecular weight excluding hydrogens is 456 g/mol. The summed E-state index contributed by atoms with van der Waals surface area (Å²) in [5, 5.41) is 5.16. The fourth-order valence-electron chi connectivity index (χ4n) is 3.89. The summed E-state index contributed by atoms with van der Waals surface area (Å²) >= 11 is 9.86. The van der Waals surface area contributed by atoms with Crippen molar-refractivity contribution in [3.8, 4) is 0 Å². The average molecular weight is 478 g/mol. The Kier molecular flexibility index (Phi) is 5.95. The highest BCUT2D eigenvalue weighted by atomic mass is 79.9. The molecule has 0 atom stereocenters. The lowest BCUT2D eigenvalue weighted by atomic mass is 9.85. The second-order valence-electron chi connectivity index (χ2n) is 7.57. The van der Waals surface area contributed by atoms with E-state index in [4.69, 9.17) is 21.2 Å². The van der Waals surface area contributed by atoms with Crippen molar-refractivity contribution in [2.24, 2.45) is 5.16 Å². The number of halogens is 2. The molecule has 1 fully saturated rings. The molecule has 0 saturated carbocycles. The van der Waals surface area contributed by atoms with Crippen molar-refractivity contribution in [2.45, 2.75) is 31.4 Å². The fraction of sp³-hybridized carbons (Fsp3) is 0.364. The van der Waals surface area contributed by atoms with E-state index >= 15 is 0 Å². The third kappa shape index (κ3) is 4.49. The first kappa shape index (κ1) is 20.4. The van der Waals surface area contributed by atoms with Crippen LogP contribution < -0.4 is 0 Å². The Hall–Kier alpha value is -1.89. The smallest absolute Gasteiger partial charge is 0.337 e. The van der Waals surface area contributed by atoms with Crippen LogP contribution in [0, 0.1) is 0 Å². The molecule has 0 aliphatic carbocycles. The molecule has 1 saturated heterocycles. The minimum Gasteiger partial charge on any atom is -0.465 e. The highest BCUT2D eigenvalue weighted by molar-refractivity contribution is 9.10. The number of nitrogens with zero attached hydrogens (tertiary/aromatic N) is 2. The van der Waals surface area contributed by atoms with Gasteiger partial charge in [0.25, 0.3) is 0 Å². The average Bonchev–Trinajstić information content (AvgIpc) is 3.16. The van der Waals surface area contributed by atoms with Crippen molar-refractivity contribution >= 4 is 39.2 Å². The SMILES string of the molecule is COC(=O)c1ccc(C2=NOC3(CCN(Cc4cc(Br)ccc4Cl)CC3)C2)cc1. The first-order valence-corrected chi connectivity index (χ1v) is 10.8. The van der Waals surface area contributed by atoms with E-state index in [1.54, 1.807) is 12.1 Å². The highest BCUT2D eigenvalue weighted by Gasteiger charge is 2.42. The standard InChI is InChI=1S/C22H22BrClN2O3/c1-28-21(27)16-4-2-15(3-5-16)20-13-22(29-25-20)8-10-26(11-9-22)14-17-12-18(23)6-7-19(17)24/h2-7,12H,8-11,13-14H2,1H3. The normalized spacial score (nSPS) is 18.4. The van der Waals surface area contributed by atoms with Gasteiger partial charge in [-0.1, -0.05) is 44.8 Å². The van der Waals surface area contributed by atoms with Crippen molar-refractivity contribution in [1.29, 1.82) is 0 Å². The molecule has 29 heavy (non-hydrogen) atoms. The topological polar surface area (TPSA) is 51.1 Å². The van der Waals surface area contributed by atoms with E-state index in [0.29, 0.717) is 5.56 Å². The molecule has 1 spiro atoms. The quantitative estimate of drug-likeness (QED) is 0.578. The predicted octanol–water partition coefficient (Wildman–Crippen LogP) is 5.05. The number of carbonyl (C=O) groups is 1. The Bertz CT molecular complexity index is 938. The van der Waals surface area contributed by atoms with Crippen LogP contribution in [0.5, 0.6) is 0 Å². The monoisotopic (exact) mass is 476 g/mol. The van der Waals surface area contributed by atoms with Crippen molar-refractivity contribution in [3.05, 3.63) is 68.7 Å². The Balaban J connectivity index is 1.35. The summed E-state index contributed by atoms with van der Waals surface area (Å²) in [5.41, 5.74) is 3.35. The van der Waals surface area contributed by atoms with Gasteiger partial charge in [0.15, 0.2) is 0 Å². The Morgan fingerprint density at radius 2 is 1.97 bits per heavy atom. The maximum atomic E-state index is 11.6. The molecule has 2 aromatic carbocycles. The lowest BCUT2D eigenvalue weighted by Crippen LogP contribution is -2.44. The lowest BCUT2D eigenvalue weighted by Gasteiger charge is -2.37. The largest absolute Gasteiger partial charge is 0.465 e. The number of likely N-dealkylation sites (tertiary alicyclic amines) is 1. The number of ether oxygens (including phenoxy) is 1. The van der Waals surface area contributed by atoms with Crippen LogP contribution in [0.15, 0.2) is 52.1 Å². The molecule has 4 rings (SSSR count). The van der Waals surface area contributed by atoms with Gasteiger partial charge in [-0.25, -0.2) is 4.79 Å². The van der Waals surface area contributed by atoms with Crippen LogP contribution in [-0.4, -0.2) is 42.4 Å². The second-order valence-corrected chi connectivity index (χ2v) is 8.89. The molecule has 0 radical (unpaired) electrons. The molecule has 152 valence electrons. The van der Waals surface area contributed by atoms with Gasteiger partial charge >= 0.3 is 5.97 Å². The van der Waals surface area contributed by atoms with Crippen LogP contribution >= 0.6 is 27.5 Å². The van der Waals surface area contributed by atoms with Crippen LogP contribution in [0.1, 0.15) is 40.7 Å². The van der Waals surface area contributed by atoms with Gasteiger partial charge in [-0.3, -0.25) is 4.90 Å². The van der Waals surface area contributed by atoms with Crippen LogP contribution in [0.4, 0.5) is 0 Å². The first-order chi connectivity index (χ1) is 14.0. The van der Waals surface area contributed by atoms with Crippen LogP contribution in [0.25, 0.3) is 0 Å². The van der Waals surface area contributed by atoms with Gasteiger partial charge in [0.05, 0.1) is 18.4 Å². The Morgan fingerprint density at radius 3 is 2.66 bits per heavy atom. The maximum Gasteiger partial charge on any atom is 0.337 e. The van der Waals surface area contributed by atoms with E-state index < -0.39 is 0 Å². The van der Waals surface area contributed by atoms with Gasteiger partial charge in [0.1, 0.15) is 5.60 Å². The lowest BCUT2D eigenvalue weighted by molar-refractivity contribution is -0.0626. The second kappa shape index (κ2) is 8.46. The van der Waals surface area contributed by atoms with Crippen LogP contribution in [-0.2, 0) is 16.1 Å². The number of benzene rings is 2. The third-order valence-electron chi connectivity index (χ3n) is 5.65. The molecular formula is C22H22BrClN2O3. The van der Waals surface area contributed by atoms with E-state index in [9.17, 15) is 4.79 Å². The molecule has 5 nitrogen and oxygen atoms in total. The summed E-state index contributed by atoms with van der Waals surface area (Å²) in [6.07, 6.45) is 2.63. The van der Waals surface area contributed by atoms with Gasteiger partial charge in [-0.05, 0) is 41.5 Å². The van der Waals surface area contributed by atoms with E-state index in [0.717, 1.165) is 65.2 Å². The molecule has 7 heteroatoms. The molecule has 0 amide bonds. The van der Waals surface area contributed by atoms with Gasteiger partial charge in [0.2, 0.25) is 0 Å². The van der Waals surface area contributed by atoms with Gasteiger partial charge in [0, 0.05) is 48.4 Å². The number of rotatable bonds is 4. The molecule has 0 unspecified atom stereocenters. The Labute approximate surface area is 183 Å². The molecule has 2 aromatic rings. The van der Waals surface area contributed by atoms with E-state index in [1.165, 1.54) is 7.11 Å². The number of hydrogen-bond donors (Lipinski definition) is 0. The van der Waals surface area contributed by atoms with Crippen molar-refractivity contribution in [3.63, 3.8) is 0 Å². The minimum atomic E-state index is -0.337. The molecule has 0 aromatic heterocycles. The van der Waals surface area contributed by atoms with Gasteiger partial charge in [-0.15, -0.1) is 0 Å². The van der Waals surface area contributed by atoms with E-state index in [1.807, 2.05) is 24.3 Å². The summed E-state index contributed by atoms with van der Waals surface area (Å²) in [7, 11) is 1.38. The molecule has 2 aliphatic heterocycles. The van der Waals surface area contributed by atoms with Crippen LogP contribution in [0.2, 0.25) is 5.02 Å². The molecule has 2 heterocycles. The number of hydrogen-bond acceptors (Lipinski definition) is 5. The number of piperidine rings is 1. The first-order valence-electron chi connectivity index (χ1n) is 9.58. The summed E-state index contributed by atoms with van der Waals surface area (Å²) in [4.78, 5) is 19.9. The zero-order valence-corrected chi connectivity index (χ0v) is 18.5. The van der Waals surface area contributed by atoms with Crippen LogP contribution in [0.3, 0.4) is 0 Å². The zero-order valence-electron chi connectivity index (χ0n) is 16.2. The summed E-state index contributed by atoms with van der Waals surface area (Å²) in [5.74, 6) is -0.337. The van der Waals surface area contributed by atoms with E-state index in [-0.39, 0.29) is 11.6 Å². The summed E-state index contributed by atoms with van der Waals surface area (Å²) < 4.78 is 5.79. The Morgan fingerprint density at radius 1 is 1.24 bits per heavy atom. The highest BCUT2D eigenvalue weighted by Crippen LogP contribution is 2.37. The van der Waals surface area contributed by atoms with Crippen molar-refractivity contribution < 1.29 is 14.4 Å². The number of carbonyl (C=O) groups excluding carboxylic acids is 1. The molecule has 0 bridgehead atoms. The van der Waals surface area contributed by atoms with E-state index in [2.05, 4.69) is 32.1 Å². The summed E-state index contributed by atoms with van der Waals surface area (Å²) in [6, 6.07) is 13.3. The van der Waals surface area contributed by atoms with Gasteiger partial charge in [-0.2, -0.15) is 0 Å². The third-order valence-corrected chi connectivity index (χ3v) is 6.51. The van der Waals surface area contributed by atoms with Gasteiger partial charge < -0.3 is 9.57 Å². The fourth-order valence-corrected chi connectivity index (χ4v) is 4.47. The van der Waals surface area contributed by atoms with Crippen molar-refractivity contribution in [2.75, 3.05) is 20.2 Å². The maximum absolute atomic E-state index is 11.6. The number of oxime groups is 1. The number of methoxy groups -OCH3 is 1.